The normalized spacial score (nSPS) is 13.2. The van der Waals surface area contributed by atoms with Crippen LogP contribution in [-0.2, 0) is 10.0 Å². The molecule has 1 heterocycles. The number of nitrogens with zero attached hydrogens (tertiary/aromatic N) is 2. The Morgan fingerprint density at radius 3 is 2.35 bits per heavy atom. The molecule has 0 aliphatic carbocycles. The molecular formula is C12H23N5O2S. The third-order valence-electron chi connectivity index (χ3n) is 2.93. The molecule has 0 fully saturated rings. The van der Waals surface area contributed by atoms with Crippen LogP contribution in [0.25, 0.3) is 0 Å². The Morgan fingerprint density at radius 2 is 1.85 bits per heavy atom. The Labute approximate surface area is 120 Å². The Bertz CT molecular complexity index is 489. The third kappa shape index (κ3) is 5.03. The molecule has 1 atom stereocenters. The first-order valence-electron chi connectivity index (χ1n) is 6.84. The summed E-state index contributed by atoms with van der Waals surface area (Å²) < 4.78 is 27.2. The van der Waals surface area contributed by atoms with Gasteiger partial charge >= 0.3 is 0 Å². The van der Waals surface area contributed by atoms with E-state index in [0.29, 0.717) is 0 Å². The van der Waals surface area contributed by atoms with Gasteiger partial charge in [-0.1, -0.05) is 33.1 Å². The summed E-state index contributed by atoms with van der Waals surface area (Å²) in [7, 11) is -3.58. The van der Waals surface area contributed by atoms with E-state index in [2.05, 4.69) is 27.0 Å². The van der Waals surface area contributed by atoms with Gasteiger partial charge in [0.25, 0.3) is 0 Å². The van der Waals surface area contributed by atoms with Crippen LogP contribution in [0.4, 0.5) is 5.95 Å². The number of hydrogen-bond donors (Lipinski definition) is 3. The lowest BCUT2D eigenvalue weighted by Crippen LogP contribution is -2.35. The molecule has 1 aromatic rings. The fraction of sp³-hybridized carbons (Fsp3) is 0.667. The topological polar surface area (TPSA) is 110 Å². The van der Waals surface area contributed by atoms with Gasteiger partial charge in [-0.15, -0.1) is 0 Å². The minimum atomic E-state index is -3.58. The van der Waals surface area contributed by atoms with Crippen LogP contribution in [0.1, 0.15) is 46.0 Å². The maximum Gasteiger partial charge on any atom is 0.243 e. The molecule has 0 spiro atoms. The van der Waals surface area contributed by atoms with Crippen molar-refractivity contribution in [2.45, 2.75) is 56.9 Å². The third-order valence-corrected chi connectivity index (χ3v) is 4.41. The lowest BCUT2D eigenvalue weighted by Gasteiger charge is -2.17. The highest BCUT2D eigenvalue weighted by Crippen LogP contribution is 2.13. The van der Waals surface area contributed by atoms with Gasteiger partial charge in [0.15, 0.2) is 0 Å². The number of nitrogen functional groups attached to an aromatic ring is 1. The average molecular weight is 301 g/mol. The predicted octanol–water partition coefficient (Wildman–Crippen LogP) is 1.40. The molecule has 4 N–H and O–H groups in total. The maximum atomic E-state index is 12.2. The van der Waals surface area contributed by atoms with Crippen molar-refractivity contribution in [1.29, 1.82) is 0 Å². The molecule has 0 saturated carbocycles. The molecule has 7 nitrogen and oxygen atoms in total. The van der Waals surface area contributed by atoms with E-state index in [-0.39, 0.29) is 16.9 Å². The maximum absolute atomic E-state index is 12.2. The number of unbranched alkanes of at least 4 members (excludes halogenated alkanes) is 1. The molecule has 8 heteroatoms. The van der Waals surface area contributed by atoms with Crippen molar-refractivity contribution in [2.75, 3.05) is 5.43 Å². The van der Waals surface area contributed by atoms with Gasteiger partial charge in [0.1, 0.15) is 4.90 Å². The fourth-order valence-corrected chi connectivity index (χ4v) is 3.07. The van der Waals surface area contributed by atoms with E-state index in [9.17, 15) is 8.42 Å². The molecule has 0 aliphatic heterocycles. The van der Waals surface area contributed by atoms with Crippen LogP contribution in [-0.4, -0.2) is 24.4 Å². The molecule has 1 aromatic heterocycles. The van der Waals surface area contributed by atoms with Crippen LogP contribution in [0, 0.1) is 0 Å². The summed E-state index contributed by atoms with van der Waals surface area (Å²) >= 11 is 0. The summed E-state index contributed by atoms with van der Waals surface area (Å²) in [5.74, 6) is 5.32. The van der Waals surface area contributed by atoms with Crippen molar-refractivity contribution in [1.82, 2.24) is 14.7 Å². The standard InChI is InChI=1S/C12H23N5O2S/c1-3-5-7-10(6-4-2)17-20(18,19)11-8-14-12(16-13)15-9-11/h8-10,17H,3-7,13H2,1-2H3,(H,14,15,16). The molecule has 114 valence electrons. The van der Waals surface area contributed by atoms with Crippen molar-refractivity contribution in [3.05, 3.63) is 12.4 Å². The van der Waals surface area contributed by atoms with Crippen LogP contribution in [0.3, 0.4) is 0 Å². The average Bonchev–Trinajstić information content (AvgIpc) is 2.45. The summed E-state index contributed by atoms with van der Waals surface area (Å²) in [6, 6.07) is -0.0442. The quantitative estimate of drug-likeness (QED) is 0.470. The second kappa shape index (κ2) is 8.13. The minimum Gasteiger partial charge on any atom is -0.292 e. The monoisotopic (exact) mass is 301 g/mol. The zero-order valence-corrected chi connectivity index (χ0v) is 12.8. The number of hydrogen-bond acceptors (Lipinski definition) is 6. The summed E-state index contributed by atoms with van der Waals surface area (Å²) in [5, 5.41) is 0. The van der Waals surface area contributed by atoms with Gasteiger partial charge in [-0.25, -0.2) is 29.0 Å². The highest BCUT2D eigenvalue weighted by molar-refractivity contribution is 7.89. The number of aromatic nitrogens is 2. The summed E-state index contributed by atoms with van der Waals surface area (Å²) in [5.41, 5.74) is 2.26. The van der Waals surface area contributed by atoms with Crippen molar-refractivity contribution in [2.24, 2.45) is 5.84 Å². The van der Waals surface area contributed by atoms with Gasteiger partial charge in [-0.05, 0) is 12.8 Å². The van der Waals surface area contributed by atoms with E-state index in [1.807, 2.05) is 6.92 Å². The van der Waals surface area contributed by atoms with Crippen molar-refractivity contribution < 1.29 is 8.42 Å². The Morgan fingerprint density at radius 1 is 1.20 bits per heavy atom. The molecule has 0 bridgehead atoms. The Hall–Kier alpha value is -1.25. The van der Waals surface area contributed by atoms with Gasteiger partial charge in [-0.2, -0.15) is 0 Å². The lowest BCUT2D eigenvalue weighted by atomic mass is 10.1. The number of hydrazine groups is 1. The molecule has 0 saturated heterocycles. The van der Waals surface area contributed by atoms with Crippen LogP contribution in [0.15, 0.2) is 17.3 Å². The number of nitrogens with two attached hydrogens (primary N) is 1. The van der Waals surface area contributed by atoms with E-state index >= 15 is 0 Å². The minimum absolute atomic E-state index is 0.0442. The van der Waals surface area contributed by atoms with Gasteiger partial charge in [0.05, 0.1) is 12.4 Å². The highest BCUT2D eigenvalue weighted by Gasteiger charge is 2.20. The molecule has 1 unspecified atom stereocenters. The van der Waals surface area contributed by atoms with Gasteiger partial charge in [-0.3, -0.25) is 5.43 Å². The van der Waals surface area contributed by atoms with Crippen LogP contribution in [0.2, 0.25) is 0 Å². The first-order chi connectivity index (χ1) is 9.53. The molecule has 0 amide bonds. The summed E-state index contributed by atoms with van der Waals surface area (Å²) in [6.45, 7) is 4.13. The van der Waals surface area contributed by atoms with Crippen molar-refractivity contribution in [3.63, 3.8) is 0 Å². The molecular weight excluding hydrogens is 278 g/mol. The zero-order chi connectivity index (χ0) is 15.0. The first kappa shape index (κ1) is 16.8. The fourth-order valence-electron chi connectivity index (χ4n) is 1.88. The highest BCUT2D eigenvalue weighted by atomic mass is 32.2. The largest absolute Gasteiger partial charge is 0.292 e. The van der Waals surface area contributed by atoms with Crippen LogP contribution < -0.4 is 16.0 Å². The summed E-state index contributed by atoms with van der Waals surface area (Å²) in [4.78, 5) is 7.68. The summed E-state index contributed by atoms with van der Waals surface area (Å²) in [6.07, 6.45) is 7.13. The molecule has 20 heavy (non-hydrogen) atoms. The molecule has 0 aliphatic rings. The van der Waals surface area contributed by atoms with E-state index < -0.39 is 10.0 Å². The number of sulfonamides is 1. The van der Waals surface area contributed by atoms with Gasteiger partial charge in [0.2, 0.25) is 16.0 Å². The lowest BCUT2D eigenvalue weighted by molar-refractivity contribution is 0.483. The van der Waals surface area contributed by atoms with E-state index in [1.165, 1.54) is 12.4 Å². The second-order valence-electron chi connectivity index (χ2n) is 4.64. The first-order valence-corrected chi connectivity index (χ1v) is 8.32. The zero-order valence-electron chi connectivity index (χ0n) is 12.0. The SMILES string of the molecule is CCCCC(CCC)NS(=O)(=O)c1cnc(NN)nc1. The predicted molar refractivity (Wildman–Crippen MR) is 78.4 cm³/mol. The van der Waals surface area contributed by atoms with Crippen LogP contribution in [0.5, 0.6) is 0 Å². The van der Waals surface area contributed by atoms with Crippen LogP contribution >= 0.6 is 0 Å². The van der Waals surface area contributed by atoms with Gasteiger partial charge in [0, 0.05) is 6.04 Å². The second-order valence-corrected chi connectivity index (χ2v) is 6.35. The Kier molecular flexibility index (Phi) is 6.83. The van der Waals surface area contributed by atoms with Crippen molar-refractivity contribution in [3.8, 4) is 0 Å². The Balaban J connectivity index is 2.79. The van der Waals surface area contributed by atoms with Gasteiger partial charge < -0.3 is 0 Å². The molecule has 0 aromatic carbocycles. The van der Waals surface area contributed by atoms with E-state index in [1.54, 1.807) is 0 Å². The number of nitrogens with one attached hydrogen (secondary N) is 2. The number of anilines is 1. The van der Waals surface area contributed by atoms with E-state index in [4.69, 9.17) is 5.84 Å². The molecule has 1 rings (SSSR count). The van der Waals surface area contributed by atoms with E-state index in [0.717, 1.165) is 32.1 Å². The molecule has 0 radical (unpaired) electrons. The smallest absolute Gasteiger partial charge is 0.243 e. The van der Waals surface area contributed by atoms with Crippen molar-refractivity contribution >= 4 is 16.0 Å². The number of rotatable bonds is 9.